The van der Waals surface area contributed by atoms with Gasteiger partial charge in [0.15, 0.2) is 11.5 Å². The molecule has 2 rings (SSSR count). The highest BCUT2D eigenvalue weighted by atomic mass is 19.3. The van der Waals surface area contributed by atoms with Crippen molar-refractivity contribution in [2.24, 2.45) is 0 Å². The fraction of sp³-hybridized carbons (Fsp3) is 0.412. The van der Waals surface area contributed by atoms with Crippen molar-refractivity contribution in [3.63, 3.8) is 0 Å². The number of esters is 2. The number of anilines is 1. The Labute approximate surface area is 154 Å². The number of methoxy groups -OCH3 is 3. The number of alkyl halides is 2. The molecule has 1 heterocycles. The summed E-state index contributed by atoms with van der Waals surface area (Å²) in [6, 6.07) is 4.44. The molecule has 1 aromatic rings. The molecule has 0 saturated heterocycles. The summed E-state index contributed by atoms with van der Waals surface area (Å²) in [5.41, 5.74) is 0.253. The van der Waals surface area contributed by atoms with E-state index in [1.165, 1.54) is 38.4 Å². The zero-order chi connectivity index (χ0) is 20.0. The van der Waals surface area contributed by atoms with E-state index in [2.05, 4.69) is 4.74 Å². The Balaban J connectivity index is 2.49. The highest BCUT2D eigenvalue weighted by Gasteiger charge is 2.32. The van der Waals surface area contributed by atoms with E-state index in [1.807, 2.05) is 0 Å². The zero-order valence-corrected chi connectivity index (χ0v) is 15.0. The van der Waals surface area contributed by atoms with Gasteiger partial charge in [-0.05, 0) is 12.1 Å². The first-order valence-corrected chi connectivity index (χ1v) is 7.77. The molecule has 0 bridgehead atoms. The number of rotatable bonds is 7. The Morgan fingerprint density at radius 1 is 1.15 bits per heavy atom. The number of hydrogen-bond acceptors (Lipinski definition) is 8. The molecule has 1 aromatic carbocycles. The largest absolute Gasteiger partial charge is 0.493 e. The highest BCUT2D eigenvalue weighted by molar-refractivity contribution is 6.03. The fourth-order valence-electron chi connectivity index (χ4n) is 2.45. The molecular formula is C17H19F2NO7. The van der Waals surface area contributed by atoms with E-state index >= 15 is 0 Å². The molecule has 0 aliphatic carbocycles. The number of halogens is 2. The van der Waals surface area contributed by atoms with Gasteiger partial charge in [0.05, 0.1) is 33.5 Å². The molecule has 0 atom stereocenters. The van der Waals surface area contributed by atoms with Crippen molar-refractivity contribution in [1.82, 2.24) is 0 Å². The van der Waals surface area contributed by atoms with E-state index in [1.54, 1.807) is 6.07 Å². The van der Waals surface area contributed by atoms with Crippen molar-refractivity contribution >= 4 is 17.6 Å². The molecule has 0 aromatic heterocycles. The monoisotopic (exact) mass is 387 g/mol. The number of nitrogens with zero attached hydrogens (tertiary/aromatic N) is 1. The molecule has 0 amide bonds. The Morgan fingerprint density at radius 2 is 1.85 bits per heavy atom. The molecule has 0 fully saturated rings. The quantitative estimate of drug-likeness (QED) is 0.655. The third-order valence-electron chi connectivity index (χ3n) is 3.66. The summed E-state index contributed by atoms with van der Waals surface area (Å²) in [7, 11) is 3.71. The summed E-state index contributed by atoms with van der Waals surface area (Å²) in [5, 5.41) is 0. The van der Waals surface area contributed by atoms with Gasteiger partial charge in [-0.15, -0.1) is 0 Å². The smallest absolute Gasteiger partial charge is 0.355 e. The van der Waals surface area contributed by atoms with Gasteiger partial charge >= 0.3 is 11.9 Å². The van der Waals surface area contributed by atoms with Gasteiger partial charge in [0.25, 0.3) is 6.43 Å². The Morgan fingerprint density at radius 3 is 2.44 bits per heavy atom. The van der Waals surface area contributed by atoms with Crippen LogP contribution in [-0.4, -0.2) is 59.6 Å². The van der Waals surface area contributed by atoms with Crippen LogP contribution in [0.4, 0.5) is 14.5 Å². The molecule has 10 heteroatoms. The lowest BCUT2D eigenvalue weighted by molar-refractivity contribution is -0.140. The van der Waals surface area contributed by atoms with E-state index in [4.69, 9.17) is 18.9 Å². The van der Waals surface area contributed by atoms with Crippen LogP contribution in [-0.2, 0) is 23.8 Å². The molecule has 8 nitrogen and oxygen atoms in total. The van der Waals surface area contributed by atoms with Crippen molar-refractivity contribution < 1.29 is 42.1 Å². The molecule has 1 aliphatic rings. The summed E-state index contributed by atoms with van der Waals surface area (Å²) in [6.45, 7) is -1.05. The fourth-order valence-corrected chi connectivity index (χ4v) is 2.45. The SMILES string of the molecule is COC(=O)C1=C(C(=O)OC)N(c2ccc(OC)c(OCC(F)F)c2)COC1. The molecule has 148 valence electrons. The van der Waals surface area contributed by atoms with Crippen molar-refractivity contribution in [1.29, 1.82) is 0 Å². The van der Waals surface area contributed by atoms with Gasteiger partial charge < -0.3 is 28.6 Å². The first-order chi connectivity index (χ1) is 12.9. The van der Waals surface area contributed by atoms with Gasteiger partial charge in [-0.25, -0.2) is 18.4 Å². The molecule has 0 unspecified atom stereocenters. The topological polar surface area (TPSA) is 83.5 Å². The summed E-state index contributed by atoms with van der Waals surface area (Å²) in [4.78, 5) is 25.6. The van der Waals surface area contributed by atoms with Crippen LogP contribution in [0.5, 0.6) is 11.5 Å². The number of carbonyl (C=O) groups is 2. The molecule has 0 spiro atoms. The van der Waals surface area contributed by atoms with E-state index in [-0.39, 0.29) is 36.1 Å². The van der Waals surface area contributed by atoms with Crippen molar-refractivity contribution in [2.45, 2.75) is 6.43 Å². The van der Waals surface area contributed by atoms with Crippen LogP contribution < -0.4 is 14.4 Å². The van der Waals surface area contributed by atoms with Crippen molar-refractivity contribution in [3.8, 4) is 11.5 Å². The summed E-state index contributed by atoms with van der Waals surface area (Å²) < 4.78 is 49.9. The van der Waals surface area contributed by atoms with Gasteiger partial charge in [-0.2, -0.15) is 0 Å². The number of carbonyl (C=O) groups excluding carboxylic acids is 2. The first-order valence-electron chi connectivity index (χ1n) is 7.77. The molecule has 0 saturated carbocycles. The number of ether oxygens (including phenoxy) is 5. The predicted octanol–water partition coefficient (Wildman–Crippen LogP) is 1.73. The van der Waals surface area contributed by atoms with Crippen LogP contribution in [0.1, 0.15) is 0 Å². The zero-order valence-electron chi connectivity index (χ0n) is 15.0. The van der Waals surface area contributed by atoms with Gasteiger partial charge in [0, 0.05) is 11.8 Å². The second-order valence-corrected chi connectivity index (χ2v) is 5.25. The molecule has 0 radical (unpaired) electrons. The number of benzene rings is 1. The third-order valence-corrected chi connectivity index (χ3v) is 3.66. The third kappa shape index (κ3) is 4.64. The lowest BCUT2D eigenvalue weighted by atomic mass is 10.1. The van der Waals surface area contributed by atoms with Gasteiger partial charge in [-0.3, -0.25) is 0 Å². The highest BCUT2D eigenvalue weighted by Crippen LogP contribution is 2.35. The predicted molar refractivity (Wildman–Crippen MR) is 88.8 cm³/mol. The maximum absolute atomic E-state index is 12.5. The lowest BCUT2D eigenvalue weighted by Crippen LogP contribution is -2.38. The average molecular weight is 387 g/mol. The summed E-state index contributed by atoms with van der Waals surface area (Å²) in [5.74, 6) is -1.24. The van der Waals surface area contributed by atoms with Crippen molar-refractivity contribution in [3.05, 3.63) is 29.5 Å². The Kier molecular flexibility index (Phi) is 6.94. The van der Waals surface area contributed by atoms with Crippen LogP contribution in [0, 0.1) is 0 Å². The maximum atomic E-state index is 12.5. The minimum Gasteiger partial charge on any atom is -0.493 e. The van der Waals surface area contributed by atoms with E-state index in [9.17, 15) is 18.4 Å². The molecular weight excluding hydrogens is 368 g/mol. The normalized spacial score (nSPS) is 14.2. The second-order valence-electron chi connectivity index (χ2n) is 5.25. The second kappa shape index (κ2) is 9.17. The standard InChI is InChI=1S/C17H19F2NO7/c1-23-12-5-4-10(6-13(12)27-8-14(18)19)20-9-26-7-11(16(21)24-2)15(20)17(22)25-3/h4-6,14H,7-9H2,1-3H3. The minimum absolute atomic E-state index is 0.0264. The molecule has 27 heavy (non-hydrogen) atoms. The van der Waals surface area contributed by atoms with Crippen LogP contribution >= 0.6 is 0 Å². The van der Waals surface area contributed by atoms with Crippen LogP contribution in [0.3, 0.4) is 0 Å². The van der Waals surface area contributed by atoms with Crippen LogP contribution in [0.15, 0.2) is 29.5 Å². The first kappa shape index (κ1) is 20.4. The van der Waals surface area contributed by atoms with Crippen molar-refractivity contribution in [2.75, 3.05) is 46.2 Å². The van der Waals surface area contributed by atoms with E-state index in [0.717, 1.165) is 0 Å². The van der Waals surface area contributed by atoms with Gasteiger partial charge in [0.2, 0.25) is 0 Å². The van der Waals surface area contributed by atoms with E-state index < -0.39 is 25.0 Å². The summed E-state index contributed by atoms with van der Waals surface area (Å²) >= 11 is 0. The Bertz CT molecular complexity index is 736. The Hall–Kier alpha value is -2.88. The van der Waals surface area contributed by atoms with Crippen LogP contribution in [0.2, 0.25) is 0 Å². The summed E-state index contributed by atoms with van der Waals surface area (Å²) in [6.07, 6.45) is -2.67. The molecule has 1 aliphatic heterocycles. The molecule has 0 N–H and O–H groups in total. The van der Waals surface area contributed by atoms with Gasteiger partial charge in [0.1, 0.15) is 19.0 Å². The average Bonchev–Trinajstić information content (AvgIpc) is 2.70. The van der Waals surface area contributed by atoms with Gasteiger partial charge in [-0.1, -0.05) is 0 Å². The number of hydrogen-bond donors (Lipinski definition) is 0. The van der Waals surface area contributed by atoms with Crippen LogP contribution in [0.25, 0.3) is 0 Å². The minimum atomic E-state index is -2.67. The maximum Gasteiger partial charge on any atom is 0.355 e. The lowest BCUT2D eigenvalue weighted by Gasteiger charge is -2.31. The van der Waals surface area contributed by atoms with E-state index in [0.29, 0.717) is 5.69 Å².